The molecule has 0 aromatic rings. The van der Waals surface area contributed by atoms with Gasteiger partial charge >= 0.3 is 5.97 Å². The molecule has 0 spiro atoms. The zero-order valence-corrected chi connectivity index (χ0v) is 39.5. The van der Waals surface area contributed by atoms with Crippen molar-refractivity contribution >= 4 is 11.9 Å². The number of aliphatic hydroxyl groups is 2. The Labute approximate surface area is 362 Å². The van der Waals surface area contributed by atoms with E-state index in [0.29, 0.717) is 19.3 Å². The molecule has 3 N–H and O–H groups in total. The molecule has 0 saturated heterocycles. The molecule has 3 atom stereocenters. The lowest BCUT2D eigenvalue weighted by Crippen LogP contribution is -2.46. The summed E-state index contributed by atoms with van der Waals surface area (Å²) in [5, 5.41) is 23.7. The van der Waals surface area contributed by atoms with Crippen LogP contribution in [0.3, 0.4) is 0 Å². The second-order valence-electron chi connectivity index (χ2n) is 18.3. The molecule has 0 fully saturated rings. The fraction of sp³-hybridized carbons (Fsp3) is 0.962. The van der Waals surface area contributed by atoms with Gasteiger partial charge in [0.2, 0.25) is 5.91 Å². The highest BCUT2D eigenvalue weighted by atomic mass is 16.5. The number of esters is 1. The molecule has 0 radical (unpaired) electrons. The Morgan fingerprint density at radius 1 is 0.431 bits per heavy atom. The number of nitrogens with one attached hydrogen (secondary N) is 1. The van der Waals surface area contributed by atoms with Crippen LogP contribution in [0.25, 0.3) is 0 Å². The number of unbranched alkanes of at least 4 members (excludes halogenated alkanes) is 36. The Kier molecular flexibility index (Phi) is 46.0. The zero-order valence-electron chi connectivity index (χ0n) is 39.5. The van der Waals surface area contributed by atoms with Crippen molar-refractivity contribution < 1.29 is 24.5 Å². The van der Waals surface area contributed by atoms with Crippen molar-refractivity contribution in [2.45, 2.75) is 315 Å². The van der Waals surface area contributed by atoms with Gasteiger partial charge in [0.15, 0.2) is 0 Å². The van der Waals surface area contributed by atoms with E-state index in [1.54, 1.807) is 0 Å². The molecule has 0 aliphatic heterocycles. The van der Waals surface area contributed by atoms with Gasteiger partial charge in [0.1, 0.15) is 6.10 Å². The smallest absolute Gasteiger partial charge is 0.306 e. The fourth-order valence-corrected chi connectivity index (χ4v) is 8.43. The predicted octanol–water partition coefficient (Wildman–Crippen LogP) is 15.6. The molecule has 0 heterocycles. The van der Waals surface area contributed by atoms with E-state index in [1.165, 1.54) is 212 Å². The molecule has 0 aliphatic rings. The Balaban J connectivity index is 4.28. The molecule has 0 aliphatic carbocycles. The van der Waals surface area contributed by atoms with Crippen molar-refractivity contribution in [1.82, 2.24) is 5.32 Å². The monoisotopic (exact) mass is 822 g/mol. The third-order valence-electron chi connectivity index (χ3n) is 12.4. The molecule has 3 unspecified atom stereocenters. The van der Waals surface area contributed by atoms with Crippen LogP contribution in [0.5, 0.6) is 0 Å². The quantitative estimate of drug-likeness (QED) is 0.0420. The molecule has 346 valence electrons. The van der Waals surface area contributed by atoms with Crippen LogP contribution in [0.15, 0.2) is 0 Å². The first-order valence-corrected chi connectivity index (χ1v) is 26.3. The number of aliphatic hydroxyl groups excluding tert-OH is 2. The molecule has 0 aromatic heterocycles. The van der Waals surface area contributed by atoms with Crippen LogP contribution < -0.4 is 5.32 Å². The fourth-order valence-electron chi connectivity index (χ4n) is 8.43. The number of carbonyl (C=O) groups excluding carboxylic acids is 2. The number of ether oxygens (including phenoxy) is 1. The molecule has 0 aromatic carbocycles. The Hall–Kier alpha value is -1.14. The summed E-state index contributed by atoms with van der Waals surface area (Å²) in [5.41, 5.74) is 0. The number of hydrogen-bond donors (Lipinski definition) is 3. The molecular formula is C52H103NO5. The summed E-state index contributed by atoms with van der Waals surface area (Å²) in [5.74, 6) is -0.457. The second kappa shape index (κ2) is 46.9. The highest BCUT2D eigenvalue weighted by molar-refractivity contribution is 5.77. The van der Waals surface area contributed by atoms with E-state index in [0.717, 1.165) is 38.5 Å². The average Bonchev–Trinajstić information content (AvgIpc) is 3.21. The molecule has 6 heteroatoms. The van der Waals surface area contributed by atoms with Gasteiger partial charge in [-0.3, -0.25) is 9.59 Å². The van der Waals surface area contributed by atoms with Crippen LogP contribution in [0.4, 0.5) is 0 Å². The van der Waals surface area contributed by atoms with Crippen LogP contribution >= 0.6 is 0 Å². The summed E-state index contributed by atoms with van der Waals surface area (Å²) in [6.07, 6.45) is 50.4. The Bertz CT molecular complexity index is 837. The van der Waals surface area contributed by atoms with Crippen LogP contribution in [0.1, 0.15) is 297 Å². The van der Waals surface area contributed by atoms with Gasteiger partial charge in [-0.1, -0.05) is 258 Å². The van der Waals surface area contributed by atoms with Crippen LogP contribution in [0.2, 0.25) is 0 Å². The minimum atomic E-state index is -0.778. The van der Waals surface area contributed by atoms with Crippen LogP contribution in [-0.2, 0) is 14.3 Å². The van der Waals surface area contributed by atoms with Crippen LogP contribution in [-0.4, -0.2) is 46.9 Å². The first-order valence-electron chi connectivity index (χ1n) is 26.3. The molecule has 0 saturated carbocycles. The highest BCUT2D eigenvalue weighted by Gasteiger charge is 2.24. The summed E-state index contributed by atoms with van der Waals surface area (Å²) in [6.45, 7) is 6.49. The largest absolute Gasteiger partial charge is 0.462 e. The van der Waals surface area contributed by atoms with Gasteiger partial charge < -0.3 is 20.3 Å². The van der Waals surface area contributed by atoms with Gasteiger partial charge in [-0.15, -0.1) is 0 Å². The maximum Gasteiger partial charge on any atom is 0.306 e. The Morgan fingerprint density at radius 3 is 1.05 bits per heavy atom. The molecule has 0 rings (SSSR count). The lowest BCUT2D eigenvalue weighted by Gasteiger charge is -2.24. The predicted molar refractivity (Wildman–Crippen MR) is 250 cm³/mol. The molecule has 0 bridgehead atoms. The molecule has 58 heavy (non-hydrogen) atoms. The number of hydrogen-bond acceptors (Lipinski definition) is 5. The highest BCUT2D eigenvalue weighted by Crippen LogP contribution is 2.19. The minimum absolute atomic E-state index is 0.0861. The second-order valence-corrected chi connectivity index (χ2v) is 18.3. The minimum Gasteiger partial charge on any atom is -0.462 e. The number of rotatable bonds is 48. The topological polar surface area (TPSA) is 95.9 Å². The van der Waals surface area contributed by atoms with E-state index in [9.17, 15) is 19.8 Å². The third kappa shape index (κ3) is 41.6. The third-order valence-corrected chi connectivity index (χ3v) is 12.4. The average molecular weight is 822 g/mol. The molecular weight excluding hydrogens is 719 g/mol. The lowest BCUT2D eigenvalue weighted by atomic mass is 10.0. The molecule has 1 amide bonds. The normalized spacial score (nSPS) is 13.1. The van der Waals surface area contributed by atoms with Gasteiger partial charge in [-0.25, -0.2) is 0 Å². The summed E-state index contributed by atoms with van der Waals surface area (Å²) in [7, 11) is 0. The van der Waals surface area contributed by atoms with E-state index >= 15 is 0 Å². The van der Waals surface area contributed by atoms with Crippen molar-refractivity contribution in [1.29, 1.82) is 0 Å². The summed E-state index contributed by atoms with van der Waals surface area (Å²) in [6, 6.07) is -0.691. The standard InChI is InChI=1S/C52H103NO5/c1-4-7-10-13-16-18-20-22-24-25-27-29-31-33-36-39-42-45-52(57)58-48(43-40-37-34-15-12-9-6-3)46-51(56)53-49(47-54)50(55)44-41-38-35-32-30-28-26-23-21-19-17-14-11-8-5-2/h48-50,54-55H,4-47H2,1-3H3,(H,53,56). The van der Waals surface area contributed by atoms with Crippen molar-refractivity contribution in [2.75, 3.05) is 6.61 Å². The van der Waals surface area contributed by atoms with Gasteiger partial charge in [0.25, 0.3) is 0 Å². The van der Waals surface area contributed by atoms with Gasteiger partial charge in [0, 0.05) is 6.42 Å². The van der Waals surface area contributed by atoms with Gasteiger partial charge in [-0.2, -0.15) is 0 Å². The Morgan fingerprint density at radius 2 is 0.724 bits per heavy atom. The SMILES string of the molecule is CCCCCCCCCCCCCCCCCCCC(=O)OC(CCCCCCCCC)CC(=O)NC(CO)C(O)CCCCCCCCCCCCCCCCC. The summed E-state index contributed by atoms with van der Waals surface area (Å²) in [4.78, 5) is 26.0. The van der Waals surface area contributed by atoms with E-state index in [2.05, 4.69) is 26.1 Å². The van der Waals surface area contributed by atoms with E-state index < -0.39 is 18.2 Å². The van der Waals surface area contributed by atoms with Crippen LogP contribution in [0, 0.1) is 0 Å². The van der Waals surface area contributed by atoms with Gasteiger partial charge in [-0.05, 0) is 25.7 Å². The lowest BCUT2D eigenvalue weighted by molar-refractivity contribution is -0.151. The number of carbonyl (C=O) groups is 2. The maximum atomic E-state index is 13.1. The van der Waals surface area contributed by atoms with Crippen molar-refractivity contribution in [3.63, 3.8) is 0 Å². The number of amides is 1. The zero-order chi connectivity index (χ0) is 42.4. The van der Waals surface area contributed by atoms with Crippen molar-refractivity contribution in [3.8, 4) is 0 Å². The van der Waals surface area contributed by atoms with E-state index in [4.69, 9.17) is 4.74 Å². The van der Waals surface area contributed by atoms with Gasteiger partial charge in [0.05, 0.1) is 25.2 Å². The molecule has 6 nitrogen and oxygen atoms in total. The first-order chi connectivity index (χ1) is 28.5. The first kappa shape index (κ1) is 56.9. The van der Waals surface area contributed by atoms with E-state index in [-0.39, 0.29) is 24.9 Å². The summed E-state index contributed by atoms with van der Waals surface area (Å²) < 4.78 is 5.91. The van der Waals surface area contributed by atoms with Crippen molar-refractivity contribution in [2.24, 2.45) is 0 Å². The van der Waals surface area contributed by atoms with E-state index in [1.807, 2.05) is 0 Å². The van der Waals surface area contributed by atoms with Crippen molar-refractivity contribution in [3.05, 3.63) is 0 Å². The summed E-state index contributed by atoms with van der Waals surface area (Å²) >= 11 is 0. The maximum absolute atomic E-state index is 13.1.